The Morgan fingerprint density at radius 3 is 2.77 bits per heavy atom. The summed E-state index contributed by atoms with van der Waals surface area (Å²) in [6, 6.07) is 16.9. The van der Waals surface area contributed by atoms with Crippen LogP contribution in [0.15, 0.2) is 78.8 Å². The quantitative estimate of drug-likeness (QED) is 0.280. The lowest BCUT2D eigenvalue weighted by molar-refractivity contribution is 0.104. The molecule has 4 aromatic rings. The standard InChI is InChI=1S/C24H16FN3O2/c25-19-5-8-21-22(14-28-23(21)11-19)24(29)18(12-26)10-16-3-6-20(7-4-16)30-15-17-2-1-9-27-13-17/h1-11,13-14,28H,15H2. The van der Waals surface area contributed by atoms with Crippen molar-refractivity contribution < 1.29 is 13.9 Å². The molecule has 1 N–H and O–H groups in total. The number of nitriles is 1. The molecule has 2 heterocycles. The molecular weight excluding hydrogens is 381 g/mol. The maximum atomic E-state index is 13.4. The zero-order chi connectivity index (χ0) is 20.9. The molecule has 0 atom stereocenters. The first-order valence-electron chi connectivity index (χ1n) is 9.19. The highest BCUT2D eigenvalue weighted by Gasteiger charge is 2.17. The Bertz CT molecular complexity index is 1270. The van der Waals surface area contributed by atoms with Gasteiger partial charge in [0.1, 0.15) is 29.8 Å². The molecule has 0 amide bonds. The van der Waals surface area contributed by atoms with Gasteiger partial charge in [0.2, 0.25) is 5.78 Å². The van der Waals surface area contributed by atoms with Crippen LogP contribution in [0, 0.1) is 17.1 Å². The number of H-pyrrole nitrogens is 1. The highest BCUT2D eigenvalue weighted by molar-refractivity contribution is 6.19. The molecule has 2 aromatic heterocycles. The molecule has 4 rings (SSSR count). The van der Waals surface area contributed by atoms with Crippen molar-refractivity contribution in [2.24, 2.45) is 0 Å². The fourth-order valence-electron chi connectivity index (χ4n) is 3.06. The van der Waals surface area contributed by atoms with Gasteiger partial charge < -0.3 is 9.72 Å². The summed E-state index contributed by atoms with van der Waals surface area (Å²) in [5.74, 6) is -0.156. The average molecular weight is 397 g/mol. The van der Waals surface area contributed by atoms with Crippen LogP contribution in [0.4, 0.5) is 4.39 Å². The van der Waals surface area contributed by atoms with E-state index >= 15 is 0 Å². The molecular formula is C24H16FN3O2. The minimum Gasteiger partial charge on any atom is -0.489 e. The molecule has 0 spiro atoms. The Kier molecular flexibility index (Phi) is 5.35. The smallest absolute Gasteiger partial charge is 0.205 e. The summed E-state index contributed by atoms with van der Waals surface area (Å²) in [6.45, 7) is 0.395. The number of nitrogens with zero attached hydrogens (tertiary/aromatic N) is 2. The van der Waals surface area contributed by atoms with Gasteiger partial charge in [0.05, 0.1) is 0 Å². The Labute approximate surface area is 172 Å². The van der Waals surface area contributed by atoms with Crippen LogP contribution in [-0.2, 0) is 6.61 Å². The van der Waals surface area contributed by atoms with Crippen LogP contribution in [-0.4, -0.2) is 15.8 Å². The summed E-state index contributed by atoms with van der Waals surface area (Å²) in [5, 5.41) is 10.1. The Balaban J connectivity index is 1.52. The van der Waals surface area contributed by atoms with E-state index < -0.39 is 11.6 Å². The second kappa shape index (κ2) is 8.41. The molecule has 0 saturated carbocycles. The van der Waals surface area contributed by atoms with Crippen molar-refractivity contribution in [2.45, 2.75) is 6.61 Å². The van der Waals surface area contributed by atoms with E-state index in [1.807, 2.05) is 18.2 Å². The molecule has 0 saturated heterocycles. The van der Waals surface area contributed by atoms with Gasteiger partial charge in [0.25, 0.3) is 0 Å². The number of aromatic nitrogens is 2. The van der Waals surface area contributed by atoms with Gasteiger partial charge >= 0.3 is 0 Å². The third kappa shape index (κ3) is 4.10. The second-order valence-corrected chi connectivity index (χ2v) is 6.61. The van der Waals surface area contributed by atoms with Crippen LogP contribution in [0.25, 0.3) is 17.0 Å². The number of ketones is 1. The molecule has 0 bridgehead atoms. The van der Waals surface area contributed by atoms with Crippen LogP contribution < -0.4 is 4.74 Å². The van der Waals surface area contributed by atoms with Gasteiger partial charge in [-0.1, -0.05) is 18.2 Å². The largest absolute Gasteiger partial charge is 0.489 e. The molecule has 0 aliphatic rings. The summed E-state index contributed by atoms with van der Waals surface area (Å²) in [7, 11) is 0. The van der Waals surface area contributed by atoms with Crippen LogP contribution >= 0.6 is 0 Å². The lowest BCUT2D eigenvalue weighted by Crippen LogP contribution is -2.01. The number of halogens is 1. The summed E-state index contributed by atoms with van der Waals surface area (Å²) >= 11 is 0. The van der Waals surface area contributed by atoms with Crippen molar-refractivity contribution in [3.8, 4) is 11.8 Å². The number of Topliss-reactive ketones (excluding diaryl/α,β-unsaturated/α-hetero) is 1. The number of nitrogens with one attached hydrogen (secondary N) is 1. The van der Waals surface area contributed by atoms with Gasteiger partial charge in [-0.25, -0.2) is 4.39 Å². The third-order valence-electron chi connectivity index (χ3n) is 4.57. The lowest BCUT2D eigenvalue weighted by Gasteiger charge is -2.06. The number of benzene rings is 2. The molecule has 0 unspecified atom stereocenters. The van der Waals surface area contributed by atoms with Crippen LogP contribution in [0.1, 0.15) is 21.5 Å². The summed E-state index contributed by atoms with van der Waals surface area (Å²) in [5.41, 5.74) is 2.47. The number of allylic oxidation sites excluding steroid dienone is 1. The third-order valence-corrected chi connectivity index (χ3v) is 4.57. The molecule has 5 nitrogen and oxygen atoms in total. The van der Waals surface area contributed by atoms with Crippen molar-refractivity contribution in [1.29, 1.82) is 5.26 Å². The number of carbonyl (C=O) groups is 1. The lowest BCUT2D eigenvalue weighted by atomic mass is 10.0. The summed E-state index contributed by atoms with van der Waals surface area (Å²) in [6.07, 6.45) is 6.46. The summed E-state index contributed by atoms with van der Waals surface area (Å²) < 4.78 is 19.1. The van der Waals surface area contributed by atoms with E-state index in [0.717, 1.165) is 5.56 Å². The fraction of sp³-hybridized carbons (Fsp3) is 0.0417. The van der Waals surface area contributed by atoms with Gasteiger partial charge in [-0.05, 0) is 48.0 Å². The molecule has 0 aliphatic heterocycles. The first-order chi connectivity index (χ1) is 14.6. The topological polar surface area (TPSA) is 78.8 Å². The van der Waals surface area contributed by atoms with Gasteiger partial charge in [0, 0.05) is 40.6 Å². The molecule has 146 valence electrons. The Hall–Kier alpha value is -4.24. The predicted molar refractivity (Wildman–Crippen MR) is 111 cm³/mol. The van der Waals surface area contributed by atoms with E-state index in [2.05, 4.69) is 9.97 Å². The van der Waals surface area contributed by atoms with E-state index in [4.69, 9.17) is 4.74 Å². The van der Waals surface area contributed by atoms with E-state index in [1.54, 1.807) is 36.7 Å². The number of hydrogen-bond acceptors (Lipinski definition) is 4. The number of aromatic amines is 1. The maximum absolute atomic E-state index is 13.4. The number of hydrogen-bond donors (Lipinski definition) is 1. The summed E-state index contributed by atoms with van der Waals surface area (Å²) in [4.78, 5) is 19.7. The highest BCUT2D eigenvalue weighted by atomic mass is 19.1. The normalized spacial score (nSPS) is 11.3. The number of rotatable bonds is 6. The minimum atomic E-state index is -0.424. The average Bonchev–Trinajstić information content (AvgIpc) is 3.20. The molecule has 6 heteroatoms. The number of pyridine rings is 1. The Morgan fingerprint density at radius 2 is 2.03 bits per heavy atom. The first kappa shape index (κ1) is 19.1. The molecule has 30 heavy (non-hydrogen) atoms. The zero-order valence-electron chi connectivity index (χ0n) is 15.8. The fourth-order valence-corrected chi connectivity index (χ4v) is 3.06. The van der Waals surface area contributed by atoms with Crippen LogP contribution in [0.2, 0.25) is 0 Å². The van der Waals surface area contributed by atoms with Gasteiger partial charge in [0.15, 0.2) is 0 Å². The zero-order valence-corrected chi connectivity index (χ0v) is 15.8. The van der Waals surface area contributed by atoms with E-state index in [1.165, 1.54) is 30.5 Å². The van der Waals surface area contributed by atoms with Crippen LogP contribution in [0.5, 0.6) is 5.75 Å². The van der Waals surface area contributed by atoms with Crippen molar-refractivity contribution >= 4 is 22.8 Å². The molecule has 0 aliphatic carbocycles. The van der Waals surface area contributed by atoms with Crippen molar-refractivity contribution in [2.75, 3.05) is 0 Å². The molecule has 2 aromatic carbocycles. The van der Waals surface area contributed by atoms with Crippen LogP contribution in [0.3, 0.4) is 0 Å². The maximum Gasteiger partial charge on any atom is 0.205 e. The minimum absolute atomic E-state index is 0.00995. The highest BCUT2D eigenvalue weighted by Crippen LogP contribution is 2.23. The van der Waals surface area contributed by atoms with Gasteiger partial charge in [-0.3, -0.25) is 9.78 Å². The Morgan fingerprint density at radius 1 is 1.20 bits per heavy atom. The van der Waals surface area contributed by atoms with E-state index in [9.17, 15) is 14.4 Å². The SMILES string of the molecule is N#CC(=Cc1ccc(OCc2cccnc2)cc1)C(=O)c1c[nH]c2cc(F)ccc12. The first-order valence-corrected chi connectivity index (χ1v) is 9.19. The second-order valence-electron chi connectivity index (χ2n) is 6.61. The molecule has 0 fully saturated rings. The van der Waals surface area contributed by atoms with Gasteiger partial charge in [-0.2, -0.15) is 5.26 Å². The number of fused-ring (bicyclic) bond motifs is 1. The van der Waals surface area contributed by atoms with Crippen molar-refractivity contribution in [1.82, 2.24) is 9.97 Å². The van der Waals surface area contributed by atoms with Crippen molar-refractivity contribution in [3.63, 3.8) is 0 Å². The monoisotopic (exact) mass is 397 g/mol. The van der Waals surface area contributed by atoms with Gasteiger partial charge in [-0.15, -0.1) is 0 Å². The van der Waals surface area contributed by atoms with Crippen molar-refractivity contribution in [3.05, 3.63) is 101 Å². The predicted octanol–water partition coefficient (Wildman–Crippen LogP) is 5.07. The number of carbonyl (C=O) groups excluding carboxylic acids is 1. The van der Waals surface area contributed by atoms with E-state index in [0.29, 0.717) is 34.4 Å². The molecule has 0 radical (unpaired) electrons. The van der Waals surface area contributed by atoms with E-state index in [-0.39, 0.29) is 5.57 Å². The number of ether oxygens (including phenoxy) is 1.